The Morgan fingerprint density at radius 3 is 2.33 bits per heavy atom. The van der Waals surface area contributed by atoms with Crippen molar-refractivity contribution in [3.05, 3.63) is 69.8 Å². The maximum absolute atomic E-state index is 12.5. The number of benzene rings is 2. The molecule has 0 spiro atoms. The van der Waals surface area contributed by atoms with Gasteiger partial charge in [-0.2, -0.15) is 0 Å². The van der Waals surface area contributed by atoms with Gasteiger partial charge in [-0.15, -0.1) is 0 Å². The average Bonchev–Trinajstić information content (AvgIpc) is 2.73. The van der Waals surface area contributed by atoms with Crippen molar-refractivity contribution in [1.82, 2.24) is 5.32 Å². The lowest BCUT2D eigenvalue weighted by molar-refractivity contribution is -0.384. The summed E-state index contributed by atoms with van der Waals surface area (Å²) in [4.78, 5) is 22.8. The number of methoxy groups -OCH3 is 1. The first kappa shape index (κ1) is 18.8. The van der Waals surface area contributed by atoms with E-state index in [1.54, 1.807) is 7.11 Å². The van der Waals surface area contributed by atoms with Gasteiger partial charge in [-0.3, -0.25) is 14.9 Å². The molecule has 2 aromatic carbocycles. The molecule has 2 aromatic rings. The summed E-state index contributed by atoms with van der Waals surface area (Å²) in [6.45, 7) is 1.75. The van der Waals surface area contributed by atoms with E-state index in [2.05, 4.69) is 5.32 Å². The predicted molar refractivity (Wildman–Crippen MR) is 100 cm³/mol. The summed E-state index contributed by atoms with van der Waals surface area (Å²) in [5.74, 6) is 0.542. The molecule has 0 bridgehead atoms. The first-order valence-electron chi connectivity index (χ1n) is 8.79. The van der Waals surface area contributed by atoms with Crippen molar-refractivity contribution in [3.63, 3.8) is 0 Å². The number of nitrogens with one attached hydrogen (secondary N) is 1. The summed E-state index contributed by atoms with van der Waals surface area (Å²) < 4.78 is 10.7. The van der Waals surface area contributed by atoms with Gasteiger partial charge in [0.1, 0.15) is 5.75 Å². The number of nitro groups is 1. The predicted octanol–water partition coefficient (Wildman–Crippen LogP) is 3.08. The van der Waals surface area contributed by atoms with Gasteiger partial charge in [0.05, 0.1) is 12.0 Å². The molecule has 7 nitrogen and oxygen atoms in total. The molecule has 7 heteroatoms. The number of non-ortho nitro benzene ring substituents is 1. The number of hydrogen-bond donors (Lipinski definition) is 1. The minimum absolute atomic E-state index is 0.0364. The quantitative estimate of drug-likeness (QED) is 0.623. The zero-order chi connectivity index (χ0) is 19.3. The molecular weight excluding hydrogens is 348 g/mol. The second kappa shape index (κ2) is 8.18. The molecule has 27 heavy (non-hydrogen) atoms. The van der Waals surface area contributed by atoms with Crippen molar-refractivity contribution >= 4 is 11.6 Å². The van der Waals surface area contributed by atoms with E-state index in [0.717, 1.165) is 24.2 Å². The molecule has 0 unspecified atom stereocenters. The van der Waals surface area contributed by atoms with Gasteiger partial charge in [0.25, 0.3) is 11.6 Å². The lowest BCUT2D eigenvalue weighted by atomic mass is 9.74. The minimum atomic E-state index is -0.484. The van der Waals surface area contributed by atoms with Gasteiger partial charge < -0.3 is 14.8 Å². The van der Waals surface area contributed by atoms with Gasteiger partial charge in [0.2, 0.25) is 0 Å². The van der Waals surface area contributed by atoms with Crippen molar-refractivity contribution in [2.45, 2.75) is 18.3 Å². The summed E-state index contributed by atoms with van der Waals surface area (Å²) in [6, 6.07) is 13.5. The third kappa shape index (κ3) is 4.25. The van der Waals surface area contributed by atoms with Crippen molar-refractivity contribution in [3.8, 4) is 5.75 Å². The monoisotopic (exact) mass is 370 g/mol. The highest BCUT2D eigenvalue weighted by Crippen LogP contribution is 2.35. The Balaban J connectivity index is 1.74. The molecule has 0 atom stereocenters. The van der Waals surface area contributed by atoms with Crippen molar-refractivity contribution in [2.75, 3.05) is 26.9 Å². The number of amides is 1. The molecule has 0 aliphatic carbocycles. The van der Waals surface area contributed by atoms with Gasteiger partial charge >= 0.3 is 0 Å². The van der Waals surface area contributed by atoms with Gasteiger partial charge in [-0.25, -0.2) is 0 Å². The third-order valence-corrected chi connectivity index (χ3v) is 5.08. The first-order valence-corrected chi connectivity index (χ1v) is 8.79. The van der Waals surface area contributed by atoms with Crippen LogP contribution in [0.2, 0.25) is 0 Å². The Bertz CT molecular complexity index is 796. The second-order valence-corrected chi connectivity index (χ2v) is 6.61. The summed E-state index contributed by atoms with van der Waals surface area (Å²) >= 11 is 0. The number of hydrogen-bond acceptors (Lipinski definition) is 5. The fourth-order valence-electron chi connectivity index (χ4n) is 3.36. The molecule has 1 amide bonds. The maximum Gasteiger partial charge on any atom is 0.269 e. The molecule has 1 N–H and O–H groups in total. The van der Waals surface area contributed by atoms with Crippen LogP contribution in [0.3, 0.4) is 0 Å². The topological polar surface area (TPSA) is 90.7 Å². The minimum Gasteiger partial charge on any atom is -0.497 e. The number of ether oxygens (including phenoxy) is 2. The summed E-state index contributed by atoms with van der Waals surface area (Å²) in [5.41, 5.74) is 1.29. The number of carbonyl (C=O) groups is 1. The lowest BCUT2D eigenvalue weighted by Crippen LogP contribution is -2.44. The average molecular weight is 370 g/mol. The summed E-state index contributed by atoms with van der Waals surface area (Å²) in [5, 5.41) is 13.7. The maximum atomic E-state index is 12.5. The van der Waals surface area contributed by atoms with Crippen molar-refractivity contribution in [2.24, 2.45) is 0 Å². The van der Waals surface area contributed by atoms with Gasteiger partial charge in [0.15, 0.2) is 0 Å². The zero-order valence-electron chi connectivity index (χ0n) is 15.1. The molecule has 1 aliphatic heterocycles. The van der Waals surface area contributed by atoms with Crippen molar-refractivity contribution in [1.29, 1.82) is 0 Å². The van der Waals surface area contributed by atoms with Crippen LogP contribution in [0.25, 0.3) is 0 Å². The van der Waals surface area contributed by atoms with Crippen LogP contribution < -0.4 is 10.1 Å². The Morgan fingerprint density at radius 1 is 1.15 bits per heavy atom. The van der Waals surface area contributed by atoms with E-state index in [0.29, 0.717) is 25.3 Å². The largest absolute Gasteiger partial charge is 0.497 e. The Labute approximate surface area is 157 Å². The molecule has 1 saturated heterocycles. The van der Waals surface area contributed by atoms with Crippen LogP contribution in [0, 0.1) is 10.1 Å². The van der Waals surface area contributed by atoms with E-state index in [1.165, 1.54) is 24.3 Å². The molecule has 1 aliphatic rings. The smallest absolute Gasteiger partial charge is 0.269 e. The van der Waals surface area contributed by atoms with Crippen LogP contribution in [0.1, 0.15) is 28.8 Å². The molecule has 3 rings (SSSR count). The fraction of sp³-hybridized carbons (Fsp3) is 0.350. The fourth-order valence-corrected chi connectivity index (χ4v) is 3.36. The zero-order valence-corrected chi connectivity index (χ0v) is 15.1. The van der Waals surface area contributed by atoms with Gasteiger partial charge in [-0.05, 0) is 42.7 Å². The van der Waals surface area contributed by atoms with Crippen LogP contribution in [-0.2, 0) is 10.2 Å². The van der Waals surface area contributed by atoms with Crippen molar-refractivity contribution < 1.29 is 19.2 Å². The van der Waals surface area contributed by atoms with Gasteiger partial charge in [0, 0.05) is 42.9 Å². The molecule has 1 fully saturated rings. The SMILES string of the molecule is COc1ccc(C2(CNC(=O)c3ccc([N+](=O)[O-])cc3)CCOCC2)cc1. The Hall–Kier alpha value is -2.93. The molecule has 0 aromatic heterocycles. The van der Waals surface area contributed by atoms with Crippen LogP contribution in [0.15, 0.2) is 48.5 Å². The summed E-state index contributed by atoms with van der Waals surface area (Å²) in [7, 11) is 1.63. The number of nitro benzene ring substituents is 1. The Kier molecular flexibility index (Phi) is 5.71. The number of rotatable bonds is 6. The van der Waals surface area contributed by atoms with E-state index in [4.69, 9.17) is 9.47 Å². The first-order chi connectivity index (χ1) is 13.0. The molecule has 142 valence electrons. The second-order valence-electron chi connectivity index (χ2n) is 6.61. The van der Waals surface area contributed by atoms with Crippen LogP contribution in [0.5, 0.6) is 5.75 Å². The number of nitrogens with zero attached hydrogens (tertiary/aromatic N) is 1. The molecule has 0 radical (unpaired) electrons. The Morgan fingerprint density at radius 2 is 1.78 bits per heavy atom. The van der Waals surface area contributed by atoms with E-state index in [-0.39, 0.29) is 17.0 Å². The van der Waals surface area contributed by atoms with E-state index in [9.17, 15) is 14.9 Å². The van der Waals surface area contributed by atoms with Crippen LogP contribution in [0.4, 0.5) is 5.69 Å². The lowest BCUT2D eigenvalue weighted by Gasteiger charge is -2.38. The standard InChI is InChI=1S/C20H22N2O5/c1-26-18-8-4-16(5-9-18)20(10-12-27-13-11-20)14-21-19(23)15-2-6-17(7-3-15)22(24)25/h2-9H,10-14H2,1H3,(H,21,23). The van der Waals surface area contributed by atoms with E-state index < -0.39 is 4.92 Å². The normalized spacial score (nSPS) is 15.7. The third-order valence-electron chi connectivity index (χ3n) is 5.08. The number of carbonyl (C=O) groups excluding carboxylic acids is 1. The molecule has 0 saturated carbocycles. The van der Waals surface area contributed by atoms with E-state index >= 15 is 0 Å². The van der Waals surface area contributed by atoms with Crippen LogP contribution in [-0.4, -0.2) is 37.7 Å². The molecular formula is C20H22N2O5. The highest BCUT2D eigenvalue weighted by molar-refractivity contribution is 5.94. The van der Waals surface area contributed by atoms with E-state index in [1.807, 2.05) is 24.3 Å². The highest BCUT2D eigenvalue weighted by Gasteiger charge is 2.35. The van der Waals surface area contributed by atoms with Crippen LogP contribution >= 0.6 is 0 Å². The molecule has 1 heterocycles. The van der Waals surface area contributed by atoms with Gasteiger partial charge in [-0.1, -0.05) is 12.1 Å². The highest BCUT2D eigenvalue weighted by atomic mass is 16.6. The summed E-state index contributed by atoms with van der Waals surface area (Å²) in [6.07, 6.45) is 1.61.